The summed E-state index contributed by atoms with van der Waals surface area (Å²) in [5.74, 6) is 0.0117. The maximum absolute atomic E-state index is 12.1. The smallest absolute Gasteiger partial charge is 0.234 e. The van der Waals surface area contributed by atoms with Crippen LogP contribution in [0.5, 0.6) is 0 Å². The molecule has 140 valence electrons. The van der Waals surface area contributed by atoms with Crippen LogP contribution in [0.4, 0.5) is 0 Å². The van der Waals surface area contributed by atoms with Gasteiger partial charge < -0.3 is 15.4 Å². The van der Waals surface area contributed by atoms with Gasteiger partial charge in [0.2, 0.25) is 5.91 Å². The van der Waals surface area contributed by atoms with E-state index in [1.165, 1.54) is 11.1 Å². The first-order valence-corrected chi connectivity index (χ1v) is 8.99. The number of amides is 1. The second kappa shape index (κ2) is 10.3. The second-order valence-electron chi connectivity index (χ2n) is 6.54. The third-order valence-corrected chi connectivity index (χ3v) is 4.58. The number of rotatable bonds is 7. The molecule has 0 aromatic heterocycles. The van der Waals surface area contributed by atoms with E-state index in [1.807, 2.05) is 25.1 Å². The van der Waals surface area contributed by atoms with Gasteiger partial charge >= 0.3 is 0 Å². The van der Waals surface area contributed by atoms with Crippen LogP contribution < -0.4 is 10.6 Å². The minimum Gasteiger partial charge on any atom is -0.377 e. The molecular formula is C21H27ClN2O2. The molecule has 1 fully saturated rings. The van der Waals surface area contributed by atoms with Crippen LogP contribution in [-0.4, -0.2) is 31.7 Å². The highest BCUT2D eigenvalue weighted by Gasteiger charge is 2.15. The molecule has 5 heteroatoms. The van der Waals surface area contributed by atoms with Crippen molar-refractivity contribution < 1.29 is 9.53 Å². The minimum absolute atomic E-state index is 0. The van der Waals surface area contributed by atoms with E-state index >= 15 is 0 Å². The van der Waals surface area contributed by atoms with E-state index in [-0.39, 0.29) is 30.5 Å². The minimum atomic E-state index is -0.0122. The molecule has 1 saturated heterocycles. The Kier molecular flexibility index (Phi) is 8.10. The lowest BCUT2D eigenvalue weighted by Gasteiger charge is -2.16. The molecule has 1 amide bonds. The molecule has 0 radical (unpaired) electrons. The van der Waals surface area contributed by atoms with Crippen molar-refractivity contribution in [2.24, 2.45) is 0 Å². The van der Waals surface area contributed by atoms with Crippen molar-refractivity contribution in [1.29, 1.82) is 0 Å². The number of benzene rings is 2. The van der Waals surface area contributed by atoms with Gasteiger partial charge in [-0.1, -0.05) is 54.6 Å². The van der Waals surface area contributed by atoms with Crippen LogP contribution in [-0.2, 0) is 9.53 Å². The van der Waals surface area contributed by atoms with Crippen LogP contribution in [0.25, 0.3) is 11.1 Å². The Hall–Kier alpha value is -1.88. The van der Waals surface area contributed by atoms with Gasteiger partial charge in [0.1, 0.15) is 0 Å². The largest absolute Gasteiger partial charge is 0.377 e. The molecule has 3 rings (SSSR count). The summed E-state index contributed by atoms with van der Waals surface area (Å²) in [4.78, 5) is 12.1. The molecule has 0 spiro atoms. The van der Waals surface area contributed by atoms with Gasteiger partial charge in [0.25, 0.3) is 0 Å². The molecule has 1 heterocycles. The molecule has 2 unspecified atom stereocenters. The van der Waals surface area contributed by atoms with Crippen LogP contribution >= 0.6 is 12.4 Å². The van der Waals surface area contributed by atoms with E-state index in [2.05, 4.69) is 47.0 Å². The predicted octanol–water partition coefficient (Wildman–Crippen LogP) is 3.72. The summed E-state index contributed by atoms with van der Waals surface area (Å²) < 4.78 is 5.54. The van der Waals surface area contributed by atoms with Gasteiger partial charge in [-0.15, -0.1) is 12.4 Å². The Balaban J connectivity index is 0.00000243. The van der Waals surface area contributed by atoms with Crippen molar-refractivity contribution in [3.05, 3.63) is 60.2 Å². The third-order valence-electron chi connectivity index (χ3n) is 4.58. The lowest BCUT2D eigenvalue weighted by atomic mass is 10.0. The quantitative estimate of drug-likeness (QED) is 0.776. The molecule has 4 nitrogen and oxygen atoms in total. The highest BCUT2D eigenvalue weighted by molar-refractivity contribution is 5.85. The predicted molar refractivity (Wildman–Crippen MR) is 108 cm³/mol. The summed E-state index contributed by atoms with van der Waals surface area (Å²) in [5.41, 5.74) is 3.48. The van der Waals surface area contributed by atoms with Gasteiger partial charge in [-0.25, -0.2) is 0 Å². The van der Waals surface area contributed by atoms with Crippen LogP contribution in [0.1, 0.15) is 31.4 Å². The lowest BCUT2D eigenvalue weighted by Crippen LogP contribution is -2.38. The first-order valence-electron chi connectivity index (χ1n) is 8.99. The monoisotopic (exact) mass is 374 g/mol. The standard InChI is InChI=1S/C21H26N2O2.ClH/c1-16(23-21(24)15-22-14-20-8-5-13-25-20)17-9-11-19(12-10-17)18-6-3-2-4-7-18;/h2-4,6-7,9-12,16,20,22H,5,8,13-15H2,1H3,(H,23,24);1H. The number of nitrogens with one attached hydrogen (secondary N) is 2. The Labute approximate surface area is 161 Å². The maximum Gasteiger partial charge on any atom is 0.234 e. The van der Waals surface area contributed by atoms with Crippen molar-refractivity contribution in [3.63, 3.8) is 0 Å². The molecule has 1 aliphatic heterocycles. The number of carbonyl (C=O) groups excluding carboxylic acids is 1. The molecule has 2 N–H and O–H groups in total. The highest BCUT2D eigenvalue weighted by atomic mass is 35.5. The van der Waals surface area contributed by atoms with Gasteiger partial charge in [-0.2, -0.15) is 0 Å². The van der Waals surface area contributed by atoms with Gasteiger partial charge in [0.15, 0.2) is 0 Å². The number of halogens is 1. The molecule has 2 atom stereocenters. The van der Waals surface area contributed by atoms with Crippen molar-refractivity contribution in [2.75, 3.05) is 19.7 Å². The third kappa shape index (κ3) is 5.84. The first kappa shape index (κ1) is 20.4. The summed E-state index contributed by atoms with van der Waals surface area (Å²) in [6, 6.07) is 18.6. The Morgan fingerprint density at radius 2 is 1.81 bits per heavy atom. The zero-order valence-electron chi connectivity index (χ0n) is 15.1. The van der Waals surface area contributed by atoms with Crippen LogP contribution in [0.3, 0.4) is 0 Å². The van der Waals surface area contributed by atoms with Crippen molar-refractivity contribution in [3.8, 4) is 11.1 Å². The summed E-state index contributed by atoms with van der Waals surface area (Å²) in [7, 11) is 0. The molecule has 1 aliphatic rings. The lowest BCUT2D eigenvalue weighted by molar-refractivity contribution is -0.120. The van der Waals surface area contributed by atoms with E-state index < -0.39 is 0 Å². The molecule has 0 aliphatic carbocycles. The van der Waals surface area contributed by atoms with Crippen LogP contribution in [0.15, 0.2) is 54.6 Å². The average Bonchev–Trinajstić information content (AvgIpc) is 3.16. The van der Waals surface area contributed by atoms with Crippen LogP contribution in [0, 0.1) is 0 Å². The van der Waals surface area contributed by atoms with E-state index in [0.717, 1.165) is 31.6 Å². The number of carbonyl (C=O) groups is 1. The number of hydrogen-bond acceptors (Lipinski definition) is 3. The summed E-state index contributed by atoms with van der Waals surface area (Å²) in [6.07, 6.45) is 2.46. The second-order valence-corrected chi connectivity index (χ2v) is 6.54. The highest BCUT2D eigenvalue weighted by Crippen LogP contribution is 2.21. The molecule has 2 aromatic rings. The van der Waals surface area contributed by atoms with E-state index in [4.69, 9.17) is 4.74 Å². The zero-order valence-corrected chi connectivity index (χ0v) is 15.9. The van der Waals surface area contributed by atoms with Crippen molar-refractivity contribution in [2.45, 2.75) is 31.9 Å². The number of hydrogen-bond donors (Lipinski definition) is 2. The van der Waals surface area contributed by atoms with Gasteiger partial charge in [-0.05, 0) is 36.5 Å². The van der Waals surface area contributed by atoms with Crippen LogP contribution in [0.2, 0.25) is 0 Å². The molecule has 0 saturated carbocycles. The summed E-state index contributed by atoms with van der Waals surface area (Å²) >= 11 is 0. The molecule has 0 bridgehead atoms. The molecule has 26 heavy (non-hydrogen) atoms. The van der Waals surface area contributed by atoms with E-state index in [9.17, 15) is 4.79 Å². The molecular weight excluding hydrogens is 348 g/mol. The fraction of sp³-hybridized carbons (Fsp3) is 0.381. The van der Waals surface area contributed by atoms with E-state index in [1.54, 1.807) is 0 Å². The normalized spacial score (nSPS) is 17.3. The van der Waals surface area contributed by atoms with Crippen molar-refractivity contribution in [1.82, 2.24) is 10.6 Å². The van der Waals surface area contributed by atoms with Gasteiger partial charge in [0, 0.05) is 13.2 Å². The summed E-state index contributed by atoms with van der Waals surface area (Å²) in [6.45, 7) is 3.92. The Morgan fingerprint density at radius 3 is 2.46 bits per heavy atom. The molecule has 2 aromatic carbocycles. The van der Waals surface area contributed by atoms with Gasteiger partial charge in [0.05, 0.1) is 18.7 Å². The fourth-order valence-corrected chi connectivity index (χ4v) is 3.12. The van der Waals surface area contributed by atoms with Gasteiger partial charge in [-0.3, -0.25) is 4.79 Å². The van der Waals surface area contributed by atoms with E-state index in [0.29, 0.717) is 6.54 Å². The fourth-order valence-electron chi connectivity index (χ4n) is 3.12. The maximum atomic E-state index is 12.1. The Morgan fingerprint density at radius 1 is 1.12 bits per heavy atom. The zero-order chi connectivity index (χ0) is 17.5. The average molecular weight is 375 g/mol. The van der Waals surface area contributed by atoms with Crippen molar-refractivity contribution >= 4 is 18.3 Å². The SMILES string of the molecule is CC(NC(=O)CNCC1CCCO1)c1ccc(-c2ccccc2)cc1.Cl. The first-order chi connectivity index (χ1) is 12.2. The summed E-state index contributed by atoms with van der Waals surface area (Å²) in [5, 5.41) is 6.22. The Bertz CT molecular complexity index is 670. The topological polar surface area (TPSA) is 50.4 Å². The number of ether oxygens (including phenoxy) is 1.